The lowest BCUT2D eigenvalue weighted by atomic mass is 10.1. The number of rotatable bonds is 7. The van der Waals surface area contributed by atoms with Crippen LogP contribution in [0.15, 0.2) is 18.2 Å². The van der Waals surface area contributed by atoms with Crippen molar-refractivity contribution in [3.05, 3.63) is 39.4 Å². The number of hydrogen-bond donors (Lipinski definition) is 1. The van der Waals surface area contributed by atoms with Crippen LogP contribution in [-0.4, -0.2) is 23.0 Å². The van der Waals surface area contributed by atoms with Crippen LogP contribution >= 0.6 is 11.8 Å². The van der Waals surface area contributed by atoms with Gasteiger partial charge in [0, 0.05) is 30.5 Å². The summed E-state index contributed by atoms with van der Waals surface area (Å²) in [4.78, 5) is 10.4. The number of benzene rings is 1. The number of nitro benzene ring substituents is 1. The third kappa shape index (κ3) is 4.36. The quantitative estimate of drug-likeness (QED) is 0.462. The molecule has 0 bridgehead atoms. The smallest absolute Gasteiger partial charge is 0.272 e. The van der Waals surface area contributed by atoms with Gasteiger partial charge in [-0.25, -0.2) is 0 Å². The first-order valence-corrected chi connectivity index (χ1v) is 6.83. The van der Waals surface area contributed by atoms with E-state index in [1.54, 1.807) is 19.1 Å². The zero-order valence-electron chi connectivity index (χ0n) is 10.2. The SMILES string of the molecule is CCSCCNCc1cccc([N+](=O)[O-])c1C. The summed E-state index contributed by atoms with van der Waals surface area (Å²) in [5, 5.41) is 14.1. The maximum Gasteiger partial charge on any atom is 0.272 e. The first-order valence-electron chi connectivity index (χ1n) is 5.68. The van der Waals surface area contributed by atoms with E-state index in [1.807, 2.05) is 17.8 Å². The van der Waals surface area contributed by atoms with Crippen molar-refractivity contribution in [1.29, 1.82) is 0 Å². The summed E-state index contributed by atoms with van der Waals surface area (Å²) in [6.45, 7) is 5.56. The highest BCUT2D eigenvalue weighted by atomic mass is 32.2. The summed E-state index contributed by atoms with van der Waals surface area (Å²) in [5.74, 6) is 2.20. The third-order valence-electron chi connectivity index (χ3n) is 2.56. The van der Waals surface area contributed by atoms with E-state index in [0.29, 0.717) is 6.54 Å². The van der Waals surface area contributed by atoms with Gasteiger partial charge in [-0.1, -0.05) is 19.1 Å². The minimum atomic E-state index is -0.328. The van der Waals surface area contributed by atoms with Crippen molar-refractivity contribution in [2.45, 2.75) is 20.4 Å². The monoisotopic (exact) mass is 254 g/mol. The fraction of sp³-hybridized carbons (Fsp3) is 0.500. The van der Waals surface area contributed by atoms with E-state index in [9.17, 15) is 10.1 Å². The number of hydrogen-bond acceptors (Lipinski definition) is 4. The fourth-order valence-corrected chi connectivity index (χ4v) is 2.15. The highest BCUT2D eigenvalue weighted by molar-refractivity contribution is 7.99. The van der Waals surface area contributed by atoms with Gasteiger partial charge in [0.25, 0.3) is 5.69 Å². The molecule has 0 aromatic heterocycles. The molecule has 17 heavy (non-hydrogen) atoms. The Morgan fingerprint density at radius 1 is 1.47 bits per heavy atom. The molecule has 1 aromatic rings. The lowest BCUT2D eigenvalue weighted by molar-refractivity contribution is -0.385. The second-order valence-corrected chi connectivity index (χ2v) is 5.09. The van der Waals surface area contributed by atoms with Gasteiger partial charge in [0.05, 0.1) is 4.92 Å². The zero-order chi connectivity index (χ0) is 12.7. The molecule has 0 aliphatic carbocycles. The van der Waals surface area contributed by atoms with Crippen LogP contribution in [0.5, 0.6) is 0 Å². The molecule has 1 rings (SSSR count). The van der Waals surface area contributed by atoms with Crippen LogP contribution in [0, 0.1) is 17.0 Å². The second kappa shape index (κ2) is 7.29. The largest absolute Gasteiger partial charge is 0.312 e. The Kier molecular flexibility index (Phi) is 6.00. The van der Waals surface area contributed by atoms with Crippen LogP contribution in [0.3, 0.4) is 0 Å². The van der Waals surface area contributed by atoms with Gasteiger partial charge in [0.15, 0.2) is 0 Å². The molecule has 0 atom stereocenters. The Hall–Kier alpha value is -1.07. The highest BCUT2D eigenvalue weighted by Crippen LogP contribution is 2.20. The van der Waals surface area contributed by atoms with Crippen molar-refractivity contribution in [2.24, 2.45) is 0 Å². The Balaban J connectivity index is 2.54. The fourth-order valence-electron chi connectivity index (χ4n) is 1.57. The number of nitro groups is 1. The molecule has 0 unspecified atom stereocenters. The van der Waals surface area contributed by atoms with Crippen molar-refractivity contribution < 1.29 is 4.92 Å². The van der Waals surface area contributed by atoms with Crippen LogP contribution in [0.2, 0.25) is 0 Å². The number of nitrogens with one attached hydrogen (secondary N) is 1. The minimum Gasteiger partial charge on any atom is -0.312 e. The average Bonchev–Trinajstić information content (AvgIpc) is 2.30. The number of thioether (sulfide) groups is 1. The summed E-state index contributed by atoms with van der Waals surface area (Å²) in [5.41, 5.74) is 1.96. The van der Waals surface area contributed by atoms with Crippen LogP contribution in [-0.2, 0) is 6.54 Å². The standard InChI is InChI=1S/C12H18N2O2S/c1-3-17-8-7-13-9-11-5-4-6-12(10(11)2)14(15)16/h4-6,13H,3,7-9H2,1-2H3. The highest BCUT2D eigenvalue weighted by Gasteiger charge is 2.12. The molecule has 1 aromatic carbocycles. The van der Waals surface area contributed by atoms with Crippen molar-refractivity contribution in [3.63, 3.8) is 0 Å². The van der Waals surface area contributed by atoms with E-state index >= 15 is 0 Å². The van der Waals surface area contributed by atoms with Gasteiger partial charge >= 0.3 is 0 Å². The van der Waals surface area contributed by atoms with Crippen molar-refractivity contribution in [2.75, 3.05) is 18.1 Å². The molecule has 0 amide bonds. The normalized spacial score (nSPS) is 10.5. The molecule has 4 nitrogen and oxygen atoms in total. The lowest BCUT2D eigenvalue weighted by Gasteiger charge is -2.07. The number of nitrogens with zero attached hydrogens (tertiary/aromatic N) is 1. The van der Waals surface area contributed by atoms with Crippen LogP contribution < -0.4 is 5.32 Å². The van der Waals surface area contributed by atoms with Gasteiger partial charge in [0.2, 0.25) is 0 Å². The topological polar surface area (TPSA) is 55.2 Å². The first-order chi connectivity index (χ1) is 8.16. The van der Waals surface area contributed by atoms with E-state index in [0.717, 1.165) is 29.2 Å². The third-order valence-corrected chi connectivity index (χ3v) is 3.46. The van der Waals surface area contributed by atoms with E-state index in [2.05, 4.69) is 12.2 Å². The minimum absolute atomic E-state index is 0.201. The molecule has 0 heterocycles. The van der Waals surface area contributed by atoms with E-state index in [1.165, 1.54) is 0 Å². The molecular weight excluding hydrogens is 236 g/mol. The Labute approximate surface area is 106 Å². The summed E-state index contributed by atoms with van der Waals surface area (Å²) < 4.78 is 0. The molecule has 0 aliphatic rings. The van der Waals surface area contributed by atoms with Gasteiger partial charge in [-0.3, -0.25) is 10.1 Å². The van der Waals surface area contributed by atoms with E-state index in [-0.39, 0.29) is 10.6 Å². The predicted molar refractivity (Wildman–Crippen MR) is 72.5 cm³/mol. The Morgan fingerprint density at radius 2 is 2.24 bits per heavy atom. The van der Waals surface area contributed by atoms with Gasteiger partial charge in [0.1, 0.15) is 0 Å². The van der Waals surface area contributed by atoms with Gasteiger partial charge in [-0.2, -0.15) is 11.8 Å². The second-order valence-electron chi connectivity index (χ2n) is 3.69. The molecule has 0 saturated carbocycles. The van der Waals surface area contributed by atoms with Gasteiger partial charge in [-0.05, 0) is 18.2 Å². The summed E-state index contributed by atoms with van der Waals surface area (Å²) in [7, 11) is 0. The molecule has 5 heteroatoms. The lowest BCUT2D eigenvalue weighted by Crippen LogP contribution is -2.17. The molecule has 1 N–H and O–H groups in total. The van der Waals surface area contributed by atoms with Crippen LogP contribution in [0.25, 0.3) is 0 Å². The summed E-state index contributed by atoms with van der Waals surface area (Å²) >= 11 is 1.88. The maximum absolute atomic E-state index is 10.8. The molecule has 0 fully saturated rings. The maximum atomic E-state index is 10.8. The zero-order valence-corrected chi connectivity index (χ0v) is 11.0. The Bertz CT molecular complexity index is 383. The summed E-state index contributed by atoms with van der Waals surface area (Å²) in [6, 6.07) is 5.22. The van der Waals surface area contributed by atoms with Gasteiger partial charge in [-0.15, -0.1) is 0 Å². The average molecular weight is 254 g/mol. The molecule has 0 saturated heterocycles. The van der Waals surface area contributed by atoms with E-state index < -0.39 is 0 Å². The van der Waals surface area contributed by atoms with Crippen molar-refractivity contribution >= 4 is 17.4 Å². The molecular formula is C12H18N2O2S. The van der Waals surface area contributed by atoms with Crippen LogP contribution in [0.1, 0.15) is 18.1 Å². The van der Waals surface area contributed by atoms with Gasteiger partial charge < -0.3 is 5.32 Å². The Morgan fingerprint density at radius 3 is 2.88 bits per heavy atom. The molecule has 0 radical (unpaired) electrons. The van der Waals surface area contributed by atoms with E-state index in [4.69, 9.17) is 0 Å². The molecule has 0 spiro atoms. The molecule has 94 valence electrons. The summed E-state index contributed by atoms with van der Waals surface area (Å²) in [6.07, 6.45) is 0. The van der Waals surface area contributed by atoms with Crippen LogP contribution in [0.4, 0.5) is 5.69 Å². The van der Waals surface area contributed by atoms with Crippen molar-refractivity contribution in [1.82, 2.24) is 5.32 Å². The van der Waals surface area contributed by atoms with Crippen molar-refractivity contribution in [3.8, 4) is 0 Å². The molecule has 0 aliphatic heterocycles. The predicted octanol–water partition coefficient (Wildman–Crippen LogP) is 2.75. The first kappa shape index (κ1) is 14.0.